The third-order valence-electron chi connectivity index (χ3n) is 2.49. The van der Waals surface area contributed by atoms with Gasteiger partial charge in [0, 0.05) is 4.88 Å². The molecule has 2 aromatic rings. The van der Waals surface area contributed by atoms with Gasteiger partial charge in [-0.25, -0.2) is 4.39 Å². The molecule has 0 aliphatic rings. The van der Waals surface area contributed by atoms with E-state index in [-0.39, 0.29) is 11.9 Å². The third kappa shape index (κ3) is 2.71. The fraction of sp³-hybridized carbons (Fsp3) is 0.167. The van der Waals surface area contributed by atoms with Gasteiger partial charge < -0.3 is 5.73 Å². The Balaban J connectivity index is 2.36. The number of nitrogens with two attached hydrogens (primary N) is 1. The number of aryl methyl sites for hydroxylation is 1. The van der Waals surface area contributed by atoms with Gasteiger partial charge >= 0.3 is 0 Å². The van der Waals surface area contributed by atoms with Crippen molar-refractivity contribution in [2.24, 2.45) is 5.73 Å². The summed E-state index contributed by atoms with van der Waals surface area (Å²) in [6, 6.07) is 6.51. The maximum absolute atomic E-state index is 13.4. The first-order chi connectivity index (χ1) is 7.99. The zero-order valence-electron chi connectivity index (χ0n) is 9.01. The van der Waals surface area contributed by atoms with Crippen LogP contribution >= 0.6 is 38.9 Å². The number of hydrogen-bond donors (Lipinski definition) is 1. The Hall–Kier alpha value is -0.420. The third-order valence-corrected chi connectivity index (χ3v) is 4.77. The van der Waals surface area contributed by atoms with Gasteiger partial charge in [-0.3, -0.25) is 0 Å². The van der Waals surface area contributed by atoms with Crippen molar-refractivity contribution in [3.63, 3.8) is 0 Å². The van der Waals surface area contributed by atoms with Crippen molar-refractivity contribution in [3.8, 4) is 0 Å². The molecule has 2 rings (SSSR count). The Bertz CT molecular complexity index is 536. The van der Waals surface area contributed by atoms with Gasteiger partial charge in [-0.1, -0.05) is 17.7 Å². The lowest BCUT2D eigenvalue weighted by molar-refractivity contribution is 0.617. The Kier molecular flexibility index (Phi) is 3.88. The van der Waals surface area contributed by atoms with E-state index in [1.165, 1.54) is 17.4 Å². The summed E-state index contributed by atoms with van der Waals surface area (Å²) in [4.78, 5) is 0.939. The van der Waals surface area contributed by atoms with Gasteiger partial charge in [0.25, 0.3) is 0 Å². The van der Waals surface area contributed by atoms with E-state index in [0.717, 1.165) is 20.3 Å². The van der Waals surface area contributed by atoms with Crippen LogP contribution in [0.25, 0.3) is 0 Å². The molecule has 0 saturated carbocycles. The fourth-order valence-electron chi connectivity index (χ4n) is 1.51. The summed E-state index contributed by atoms with van der Waals surface area (Å²) in [5, 5.41) is 0. The Morgan fingerprint density at radius 2 is 2.12 bits per heavy atom. The van der Waals surface area contributed by atoms with Crippen molar-refractivity contribution in [2.75, 3.05) is 0 Å². The molecule has 0 amide bonds. The molecule has 0 fully saturated rings. The molecule has 1 heterocycles. The van der Waals surface area contributed by atoms with Crippen molar-refractivity contribution in [1.29, 1.82) is 0 Å². The van der Waals surface area contributed by atoms with Crippen LogP contribution in [0.2, 0.25) is 4.34 Å². The monoisotopic (exact) mass is 333 g/mol. The number of hydrogen-bond acceptors (Lipinski definition) is 2. The molecule has 5 heteroatoms. The normalized spacial score (nSPS) is 12.8. The first-order valence-electron chi connectivity index (χ1n) is 4.95. The second-order valence-corrected chi connectivity index (χ2v) is 6.30. The summed E-state index contributed by atoms with van der Waals surface area (Å²) >= 11 is 10.5. The van der Waals surface area contributed by atoms with Crippen LogP contribution < -0.4 is 5.73 Å². The fourth-order valence-corrected chi connectivity index (χ4v) is 3.00. The molecular weight excluding hydrogens is 325 g/mol. The smallest absolute Gasteiger partial charge is 0.137 e. The van der Waals surface area contributed by atoms with Gasteiger partial charge in [-0.2, -0.15) is 0 Å². The van der Waals surface area contributed by atoms with Crippen LogP contribution in [-0.2, 0) is 0 Å². The lowest BCUT2D eigenvalue weighted by Crippen LogP contribution is -2.10. The average Bonchev–Trinajstić information content (AvgIpc) is 2.62. The van der Waals surface area contributed by atoms with Crippen molar-refractivity contribution in [3.05, 3.63) is 54.9 Å². The van der Waals surface area contributed by atoms with E-state index < -0.39 is 0 Å². The van der Waals surface area contributed by atoms with Crippen LogP contribution in [0.5, 0.6) is 0 Å². The van der Waals surface area contributed by atoms with E-state index in [1.807, 2.05) is 13.0 Å². The largest absolute Gasteiger partial charge is 0.320 e. The zero-order chi connectivity index (χ0) is 12.6. The van der Waals surface area contributed by atoms with E-state index in [9.17, 15) is 4.39 Å². The van der Waals surface area contributed by atoms with E-state index >= 15 is 0 Å². The van der Waals surface area contributed by atoms with E-state index in [0.29, 0.717) is 4.47 Å². The molecule has 0 spiro atoms. The zero-order valence-corrected chi connectivity index (χ0v) is 12.2. The number of thiophene rings is 1. The van der Waals surface area contributed by atoms with Crippen molar-refractivity contribution in [1.82, 2.24) is 0 Å². The topological polar surface area (TPSA) is 26.0 Å². The Labute approximate surface area is 117 Å². The summed E-state index contributed by atoms with van der Waals surface area (Å²) in [6.07, 6.45) is 0. The molecule has 1 atom stereocenters. The van der Waals surface area contributed by atoms with Crippen molar-refractivity contribution >= 4 is 38.9 Å². The first-order valence-corrected chi connectivity index (χ1v) is 6.94. The van der Waals surface area contributed by atoms with Crippen molar-refractivity contribution < 1.29 is 4.39 Å². The molecule has 1 unspecified atom stereocenters. The molecule has 1 nitrogen and oxygen atoms in total. The summed E-state index contributed by atoms with van der Waals surface area (Å²) in [7, 11) is 0. The summed E-state index contributed by atoms with van der Waals surface area (Å²) in [6.45, 7) is 1.93. The SMILES string of the molecule is Cc1cc(C(N)c2ccc(Br)c(F)c2)sc1Cl. The van der Waals surface area contributed by atoms with Gasteiger partial charge in [-0.15, -0.1) is 11.3 Å². The highest BCUT2D eigenvalue weighted by Gasteiger charge is 2.14. The summed E-state index contributed by atoms with van der Waals surface area (Å²) < 4.78 is 14.6. The molecule has 0 bridgehead atoms. The highest BCUT2D eigenvalue weighted by molar-refractivity contribution is 9.10. The maximum atomic E-state index is 13.4. The lowest BCUT2D eigenvalue weighted by Gasteiger charge is -2.10. The van der Waals surface area contributed by atoms with Gasteiger partial charge in [0.1, 0.15) is 5.82 Å². The summed E-state index contributed by atoms with van der Waals surface area (Å²) in [5.74, 6) is -0.308. The minimum Gasteiger partial charge on any atom is -0.320 e. The van der Waals surface area contributed by atoms with Crippen LogP contribution in [0.4, 0.5) is 4.39 Å². The predicted octanol–water partition coefficient (Wildman–Crippen LogP) is 4.66. The van der Waals surface area contributed by atoms with Gasteiger partial charge in [0.05, 0.1) is 14.9 Å². The van der Waals surface area contributed by atoms with Crippen LogP contribution in [0.3, 0.4) is 0 Å². The van der Waals surface area contributed by atoms with Crippen LogP contribution in [0.1, 0.15) is 22.0 Å². The van der Waals surface area contributed by atoms with E-state index in [1.54, 1.807) is 12.1 Å². The van der Waals surface area contributed by atoms with E-state index in [2.05, 4.69) is 15.9 Å². The van der Waals surface area contributed by atoms with Gasteiger partial charge in [0.15, 0.2) is 0 Å². The number of benzene rings is 1. The number of halogens is 3. The quantitative estimate of drug-likeness (QED) is 0.849. The maximum Gasteiger partial charge on any atom is 0.137 e. The first kappa shape index (κ1) is 13.0. The predicted molar refractivity (Wildman–Crippen MR) is 74.2 cm³/mol. The highest BCUT2D eigenvalue weighted by Crippen LogP contribution is 2.33. The molecule has 90 valence electrons. The Morgan fingerprint density at radius 3 is 2.65 bits per heavy atom. The molecule has 0 aliphatic carbocycles. The standard InChI is InChI=1S/C12H10BrClFNS/c1-6-4-10(17-12(6)14)11(16)7-2-3-8(13)9(15)5-7/h2-5,11H,16H2,1H3. The molecule has 1 aromatic heterocycles. The Morgan fingerprint density at radius 1 is 1.41 bits per heavy atom. The summed E-state index contributed by atoms with van der Waals surface area (Å²) in [5.41, 5.74) is 7.83. The second kappa shape index (κ2) is 5.06. The number of rotatable bonds is 2. The van der Waals surface area contributed by atoms with E-state index in [4.69, 9.17) is 17.3 Å². The van der Waals surface area contributed by atoms with Crippen LogP contribution in [0.15, 0.2) is 28.7 Å². The average molecular weight is 335 g/mol. The van der Waals surface area contributed by atoms with Gasteiger partial charge in [0.2, 0.25) is 0 Å². The molecule has 1 aromatic carbocycles. The molecule has 0 saturated heterocycles. The van der Waals surface area contributed by atoms with Crippen LogP contribution in [0, 0.1) is 12.7 Å². The molecule has 0 radical (unpaired) electrons. The molecule has 17 heavy (non-hydrogen) atoms. The second-order valence-electron chi connectivity index (χ2n) is 3.76. The van der Waals surface area contributed by atoms with Crippen molar-refractivity contribution in [2.45, 2.75) is 13.0 Å². The minimum absolute atomic E-state index is 0.308. The molecule has 2 N–H and O–H groups in total. The van der Waals surface area contributed by atoms with Crippen LogP contribution in [-0.4, -0.2) is 0 Å². The van der Waals surface area contributed by atoms with Gasteiger partial charge in [-0.05, 0) is 52.2 Å². The molecule has 0 aliphatic heterocycles. The minimum atomic E-state index is -0.339. The highest BCUT2D eigenvalue weighted by atomic mass is 79.9. The lowest BCUT2D eigenvalue weighted by atomic mass is 10.1. The molecular formula is C12H10BrClFNS.